The zero-order chi connectivity index (χ0) is 13.7. The Balaban J connectivity index is 1.91. The molecule has 19 heavy (non-hydrogen) atoms. The van der Waals surface area contributed by atoms with Crippen LogP contribution in [0.5, 0.6) is 0 Å². The van der Waals surface area contributed by atoms with Crippen LogP contribution in [0.1, 0.15) is 11.3 Å². The Kier molecular flexibility index (Phi) is 4.99. The molecule has 0 bridgehead atoms. The van der Waals surface area contributed by atoms with Gasteiger partial charge in [0.1, 0.15) is 0 Å². The van der Waals surface area contributed by atoms with Gasteiger partial charge in [-0.25, -0.2) is 4.98 Å². The number of hydrogen-bond donors (Lipinski definition) is 1. The van der Waals surface area contributed by atoms with Gasteiger partial charge in [-0.15, -0.1) is 11.3 Å². The van der Waals surface area contributed by atoms with Crippen molar-refractivity contribution in [3.63, 3.8) is 0 Å². The molecule has 0 aliphatic heterocycles. The van der Waals surface area contributed by atoms with E-state index in [1.807, 2.05) is 35.7 Å². The molecule has 0 spiro atoms. The highest BCUT2D eigenvalue weighted by molar-refractivity contribution is 7.81. The number of rotatable bonds is 5. The predicted molar refractivity (Wildman–Crippen MR) is 81.5 cm³/mol. The number of benzene rings is 1. The molecule has 2 aromatic rings. The zero-order valence-electron chi connectivity index (χ0n) is 10.7. The molecular weight excluding hydrogens is 276 g/mol. The van der Waals surface area contributed by atoms with Crippen molar-refractivity contribution in [1.29, 1.82) is 0 Å². The number of thiazole rings is 1. The van der Waals surface area contributed by atoms with Gasteiger partial charge in [0.15, 0.2) is 0 Å². The lowest BCUT2D eigenvalue weighted by Crippen LogP contribution is -2.34. The first-order valence-electron chi connectivity index (χ1n) is 6.01. The Bertz CT molecular complexity index is 514. The summed E-state index contributed by atoms with van der Waals surface area (Å²) < 4.78 is 0. The minimum absolute atomic E-state index is 0.0280. The second-order valence-corrected chi connectivity index (χ2v) is 5.72. The van der Waals surface area contributed by atoms with Crippen LogP contribution < -0.4 is 0 Å². The van der Waals surface area contributed by atoms with Gasteiger partial charge >= 0.3 is 0 Å². The molecule has 1 aromatic carbocycles. The Labute approximate surface area is 122 Å². The third kappa shape index (κ3) is 4.08. The lowest BCUT2D eigenvalue weighted by atomic mass is 10.1. The van der Waals surface area contributed by atoms with Crippen molar-refractivity contribution in [3.05, 3.63) is 52.5 Å². The standard InChI is InChI=1S/C14H16N2OS2/c1-16(8-12-9-19-10-15-12)14(17)13(18)7-11-5-3-2-4-6-11/h2-6,9-10,13,18H,7-8H2,1H3. The molecule has 100 valence electrons. The number of hydrogen-bond acceptors (Lipinski definition) is 4. The smallest absolute Gasteiger partial charge is 0.235 e. The summed E-state index contributed by atoms with van der Waals surface area (Å²) >= 11 is 5.95. The largest absolute Gasteiger partial charge is 0.339 e. The first-order valence-corrected chi connectivity index (χ1v) is 7.47. The maximum atomic E-state index is 12.2. The van der Waals surface area contributed by atoms with Gasteiger partial charge in [0.25, 0.3) is 0 Å². The number of carbonyl (C=O) groups is 1. The molecule has 1 unspecified atom stereocenters. The van der Waals surface area contributed by atoms with Crippen LogP contribution in [0.3, 0.4) is 0 Å². The van der Waals surface area contributed by atoms with Crippen LogP contribution in [0.25, 0.3) is 0 Å². The molecule has 1 amide bonds. The summed E-state index contributed by atoms with van der Waals surface area (Å²) in [6.07, 6.45) is 0.643. The van der Waals surface area contributed by atoms with Crippen LogP contribution in [0.4, 0.5) is 0 Å². The Morgan fingerprint density at radius 1 is 1.42 bits per heavy atom. The maximum Gasteiger partial charge on any atom is 0.235 e. The first-order chi connectivity index (χ1) is 9.16. The highest BCUT2D eigenvalue weighted by Gasteiger charge is 2.19. The van der Waals surface area contributed by atoms with E-state index in [2.05, 4.69) is 17.6 Å². The molecule has 2 rings (SSSR count). The number of amides is 1. The second kappa shape index (κ2) is 6.73. The van der Waals surface area contributed by atoms with Crippen LogP contribution in [0.15, 0.2) is 41.2 Å². The minimum atomic E-state index is -0.314. The van der Waals surface area contributed by atoms with Crippen LogP contribution in [0.2, 0.25) is 0 Å². The van der Waals surface area contributed by atoms with E-state index in [1.54, 1.807) is 17.5 Å². The van der Waals surface area contributed by atoms with Gasteiger partial charge < -0.3 is 4.90 Å². The maximum absolute atomic E-state index is 12.2. The van der Waals surface area contributed by atoms with E-state index in [0.29, 0.717) is 13.0 Å². The highest BCUT2D eigenvalue weighted by Crippen LogP contribution is 2.12. The third-order valence-corrected chi connectivity index (χ3v) is 3.85. The normalized spacial score (nSPS) is 12.1. The topological polar surface area (TPSA) is 33.2 Å². The summed E-state index contributed by atoms with van der Waals surface area (Å²) in [6, 6.07) is 9.93. The summed E-state index contributed by atoms with van der Waals surface area (Å²) in [5.74, 6) is 0.0280. The van der Waals surface area contributed by atoms with Gasteiger partial charge in [0.05, 0.1) is 23.0 Å². The lowest BCUT2D eigenvalue weighted by Gasteiger charge is -2.20. The predicted octanol–water partition coefficient (Wildman–Crippen LogP) is 2.64. The minimum Gasteiger partial charge on any atom is -0.339 e. The monoisotopic (exact) mass is 292 g/mol. The molecule has 0 radical (unpaired) electrons. The SMILES string of the molecule is CN(Cc1cscn1)C(=O)C(S)Cc1ccccc1. The highest BCUT2D eigenvalue weighted by atomic mass is 32.1. The summed E-state index contributed by atoms with van der Waals surface area (Å²) in [6.45, 7) is 0.536. The average molecular weight is 292 g/mol. The fourth-order valence-corrected chi connectivity index (χ4v) is 2.77. The van der Waals surface area contributed by atoms with Crippen molar-refractivity contribution in [2.24, 2.45) is 0 Å². The van der Waals surface area contributed by atoms with Gasteiger partial charge in [-0.1, -0.05) is 30.3 Å². The molecule has 5 heteroatoms. The molecule has 0 aliphatic carbocycles. The molecule has 1 atom stereocenters. The first kappa shape index (κ1) is 14.1. The zero-order valence-corrected chi connectivity index (χ0v) is 12.4. The quantitative estimate of drug-likeness (QED) is 0.860. The van der Waals surface area contributed by atoms with E-state index in [9.17, 15) is 4.79 Å². The van der Waals surface area contributed by atoms with Crippen LogP contribution >= 0.6 is 24.0 Å². The van der Waals surface area contributed by atoms with E-state index < -0.39 is 0 Å². The van der Waals surface area contributed by atoms with Crippen LogP contribution in [-0.4, -0.2) is 28.1 Å². The molecule has 0 aliphatic rings. The molecule has 0 saturated carbocycles. The van der Waals surface area contributed by atoms with Gasteiger partial charge in [-0.2, -0.15) is 12.6 Å². The van der Waals surface area contributed by atoms with Crippen LogP contribution in [0, 0.1) is 0 Å². The van der Waals surface area contributed by atoms with E-state index in [1.165, 1.54) is 11.3 Å². The van der Waals surface area contributed by atoms with Gasteiger partial charge in [-0.05, 0) is 12.0 Å². The Morgan fingerprint density at radius 3 is 2.79 bits per heavy atom. The Morgan fingerprint density at radius 2 is 2.16 bits per heavy atom. The number of thiol groups is 1. The van der Waals surface area contributed by atoms with Gasteiger partial charge in [0.2, 0.25) is 5.91 Å². The van der Waals surface area contributed by atoms with Crippen LogP contribution in [-0.2, 0) is 17.8 Å². The summed E-state index contributed by atoms with van der Waals surface area (Å²) in [7, 11) is 1.79. The molecule has 0 fully saturated rings. The fraction of sp³-hybridized carbons (Fsp3) is 0.286. The van der Waals surface area contributed by atoms with E-state index in [-0.39, 0.29) is 11.2 Å². The van der Waals surface area contributed by atoms with Crippen molar-refractivity contribution in [2.45, 2.75) is 18.2 Å². The van der Waals surface area contributed by atoms with E-state index >= 15 is 0 Å². The molecule has 0 saturated heterocycles. The van der Waals surface area contributed by atoms with Gasteiger partial charge in [-0.3, -0.25) is 4.79 Å². The second-order valence-electron chi connectivity index (χ2n) is 4.38. The molecule has 1 aromatic heterocycles. The summed E-state index contributed by atoms with van der Waals surface area (Å²) in [5, 5.41) is 1.64. The van der Waals surface area contributed by atoms with Crippen molar-refractivity contribution in [1.82, 2.24) is 9.88 Å². The molecule has 3 nitrogen and oxygen atoms in total. The summed E-state index contributed by atoms with van der Waals surface area (Å²) in [5.41, 5.74) is 3.81. The van der Waals surface area contributed by atoms with Gasteiger partial charge in [0, 0.05) is 12.4 Å². The number of carbonyl (C=O) groups excluding carboxylic acids is 1. The summed E-state index contributed by atoms with van der Waals surface area (Å²) in [4.78, 5) is 18.1. The fourth-order valence-electron chi connectivity index (χ4n) is 1.82. The molecular formula is C14H16N2OS2. The lowest BCUT2D eigenvalue weighted by molar-refractivity contribution is -0.129. The Hall–Kier alpha value is -1.33. The third-order valence-electron chi connectivity index (χ3n) is 2.82. The van der Waals surface area contributed by atoms with Crippen molar-refractivity contribution >= 4 is 29.9 Å². The number of aromatic nitrogens is 1. The average Bonchev–Trinajstić information content (AvgIpc) is 2.91. The molecule has 0 N–H and O–H groups in total. The van der Waals surface area contributed by atoms with Crippen molar-refractivity contribution in [3.8, 4) is 0 Å². The van der Waals surface area contributed by atoms with Crippen molar-refractivity contribution < 1.29 is 4.79 Å². The molecule has 1 heterocycles. The van der Waals surface area contributed by atoms with Crippen molar-refractivity contribution in [2.75, 3.05) is 7.05 Å². The van der Waals surface area contributed by atoms with E-state index in [0.717, 1.165) is 11.3 Å². The van der Waals surface area contributed by atoms with E-state index in [4.69, 9.17) is 0 Å². The number of nitrogens with zero attached hydrogens (tertiary/aromatic N) is 2.